The fourth-order valence-electron chi connectivity index (χ4n) is 2.33. The van der Waals surface area contributed by atoms with Crippen molar-refractivity contribution in [2.24, 2.45) is 0 Å². The van der Waals surface area contributed by atoms with Gasteiger partial charge in [-0.25, -0.2) is 8.78 Å². The first-order chi connectivity index (χ1) is 12.5. The lowest BCUT2D eigenvalue weighted by atomic mass is 10.2. The van der Waals surface area contributed by atoms with E-state index in [1.807, 2.05) is 11.9 Å². The minimum absolute atomic E-state index is 0.212. The lowest BCUT2D eigenvalue weighted by Crippen LogP contribution is -2.17. The fourth-order valence-corrected chi connectivity index (χ4v) is 3.15. The third-order valence-corrected chi connectivity index (χ3v) is 4.47. The van der Waals surface area contributed by atoms with Crippen LogP contribution in [0.2, 0.25) is 0 Å². The van der Waals surface area contributed by atoms with Crippen LogP contribution in [0.3, 0.4) is 0 Å². The molecule has 0 spiro atoms. The SMILES string of the molecule is CN(Cc1nnc(C(=O)Nc2ccc(F)cc2)s1)Cc1ccccc1F. The third-order valence-electron chi connectivity index (χ3n) is 3.57. The number of halogens is 2. The van der Waals surface area contributed by atoms with Crippen LogP contribution in [0.15, 0.2) is 48.5 Å². The van der Waals surface area contributed by atoms with E-state index in [4.69, 9.17) is 0 Å². The van der Waals surface area contributed by atoms with E-state index >= 15 is 0 Å². The summed E-state index contributed by atoms with van der Waals surface area (Å²) in [5.74, 6) is -1.04. The van der Waals surface area contributed by atoms with E-state index in [9.17, 15) is 13.6 Å². The predicted octanol–water partition coefficient (Wildman–Crippen LogP) is 3.70. The zero-order valence-electron chi connectivity index (χ0n) is 13.9. The molecule has 0 fully saturated rings. The van der Waals surface area contributed by atoms with Gasteiger partial charge in [0.2, 0.25) is 5.01 Å². The van der Waals surface area contributed by atoms with Crippen LogP contribution in [0, 0.1) is 11.6 Å². The van der Waals surface area contributed by atoms with Gasteiger partial charge in [-0.15, -0.1) is 10.2 Å². The highest BCUT2D eigenvalue weighted by atomic mass is 32.1. The Hall–Kier alpha value is -2.71. The predicted molar refractivity (Wildman–Crippen MR) is 95.8 cm³/mol. The summed E-state index contributed by atoms with van der Waals surface area (Å²) >= 11 is 1.16. The van der Waals surface area contributed by atoms with Crippen LogP contribution in [0.4, 0.5) is 14.5 Å². The number of hydrogen-bond donors (Lipinski definition) is 1. The Balaban J connectivity index is 1.59. The molecule has 5 nitrogen and oxygen atoms in total. The molecule has 0 unspecified atom stereocenters. The van der Waals surface area contributed by atoms with Gasteiger partial charge in [0, 0.05) is 17.8 Å². The average molecular weight is 374 g/mol. The van der Waals surface area contributed by atoms with E-state index in [2.05, 4.69) is 15.5 Å². The molecule has 0 saturated carbocycles. The standard InChI is InChI=1S/C18H16F2N4OS/c1-24(10-12-4-2-3-5-15(12)20)11-16-22-23-18(26-16)17(25)21-14-8-6-13(19)7-9-14/h2-9H,10-11H2,1H3,(H,21,25). The smallest absolute Gasteiger partial charge is 0.286 e. The van der Waals surface area contributed by atoms with E-state index in [0.717, 1.165) is 11.3 Å². The summed E-state index contributed by atoms with van der Waals surface area (Å²) in [6.07, 6.45) is 0. The molecule has 0 saturated heterocycles. The topological polar surface area (TPSA) is 58.1 Å². The van der Waals surface area contributed by atoms with E-state index in [1.165, 1.54) is 30.3 Å². The molecule has 8 heteroatoms. The first kappa shape index (κ1) is 18.1. The van der Waals surface area contributed by atoms with Crippen LogP contribution in [-0.4, -0.2) is 28.1 Å². The van der Waals surface area contributed by atoms with Gasteiger partial charge in [-0.05, 0) is 37.4 Å². The second-order valence-electron chi connectivity index (χ2n) is 5.73. The molecular weight excluding hydrogens is 358 g/mol. The number of anilines is 1. The molecule has 0 radical (unpaired) electrons. The largest absolute Gasteiger partial charge is 0.320 e. The normalized spacial score (nSPS) is 10.9. The lowest BCUT2D eigenvalue weighted by Gasteiger charge is -2.15. The Bertz CT molecular complexity index is 898. The number of hydrogen-bond acceptors (Lipinski definition) is 5. The number of nitrogens with one attached hydrogen (secondary N) is 1. The summed E-state index contributed by atoms with van der Waals surface area (Å²) in [6, 6.07) is 12.1. The van der Waals surface area contributed by atoms with Crippen LogP contribution in [-0.2, 0) is 13.1 Å². The molecule has 0 aliphatic carbocycles. The Labute approximate surface area is 153 Å². The summed E-state index contributed by atoms with van der Waals surface area (Å²) in [4.78, 5) is 14.1. The summed E-state index contributed by atoms with van der Waals surface area (Å²) < 4.78 is 26.6. The van der Waals surface area contributed by atoms with Crippen LogP contribution < -0.4 is 5.32 Å². The maximum absolute atomic E-state index is 13.7. The van der Waals surface area contributed by atoms with Gasteiger partial charge in [0.25, 0.3) is 5.91 Å². The fraction of sp³-hybridized carbons (Fsp3) is 0.167. The summed E-state index contributed by atoms with van der Waals surface area (Å²) in [5, 5.41) is 11.4. The van der Waals surface area contributed by atoms with Crippen LogP contribution >= 0.6 is 11.3 Å². The number of rotatable bonds is 6. The van der Waals surface area contributed by atoms with Crippen molar-refractivity contribution in [3.8, 4) is 0 Å². The average Bonchev–Trinajstić information content (AvgIpc) is 3.07. The van der Waals surface area contributed by atoms with Crippen molar-refractivity contribution < 1.29 is 13.6 Å². The molecule has 2 aromatic carbocycles. The number of nitrogens with zero attached hydrogens (tertiary/aromatic N) is 3. The summed E-state index contributed by atoms with van der Waals surface area (Å²) in [6.45, 7) is 0.860. The number of amides is 1. The minimum Gasteiger partial charge on any atom is -0.320 e. The zero-order valence-corrected chi connectivity index (χ0v) is 14.8. The molecule has 0 aliphatic heterocycles. The van der Waals surface area contributed by atoms with E-state index in [1.54, 1.807) is 18.2 Å². The molecule has 0 atom stereocenters. The van der Waals surface area contributed by atoms with Gasteiger partial charge >= 0.3 is 0 Å². The second kappa shape index (κ2) is 8.11. The van der Waals surface area contributed by atoms with Gasteiger partial charge in [0.1, 0.15) is 16.6 Å². The Morgan fingerprint density at radius 2 is 1.81 bits per heavy atom. The summed E-state index contributed by atoms with van der Waals surface area (Å²) in [7, 11) is 1.84. The molecule has 1 heterocycles. The van der Waals surface area contributed by atoms with Crippen molar-refractivity contribution in [3.05, 3.63) is 75.7 Å². The maximum atomic E-state index is 13.7. The van der Waals surface area contributed by atoms with Crippen molar-refractivity contribution in [1.82, 2.24) is 15.1 Å². The maximum Gasteiger partial charge on any atom is 0.286 e. The Morgan fingerprint density at radius 3 is 2.54 bits per heavy atom. The molecule has 1 aromatic heterocycles. The molecule has 1 N–H and O–H groups in total. The highest BCUT2D eigenvalue weighted by Gasteiger charge is 2.15. The van der Waals surface area contributed by atoms with E-state index in [-0.39, 0.29) is 16.6 Å². The molecular formula is C18H16F2N4OS. The van der Waals surface area contributed by atoms with Gasteiger partial charge in [0.15, 0.2) is 0 Å². The van der Waals surface area contributed by atoms with E-state index in [0.29, 0.717) is 29.3 Å². The Morgan fingerprint density at radius 1 is 1.08 bits per heavy atom. The minimum atomic E-state index is -0.405. The molecule has 26 heavy (non-hydrogen) atoms. The van der Waals surface area contributed by atoms with Crippen LogP contribution in [0.25, 0.3) is 0 Å². The Kier molecular flexibility index (Phi) is 5.65. The molecule has 0 bridgehead atoms. The number of carbonyl (C=O) groups excluding carboxylic acids is 1. The van der Waals surface area contributed by atoms with Crippen molar-refractivity contribution in [2.45, 2.75) is 13.1 Å². The molecule has 134 valence electrons. The second-order valence-corrected chi connectivity index (χ2v) is 6.79. The van der Waals surface area contributed by atoms with Crippen molar-refractivity contribution in [3.63, 3.8) is 0 Å². The third kappa shape index (κ3) is 4.68. The van der Waals surface area contributed by atoms with Gasteiger partial charge in [-0.2, -0.15) is 0 Å². The first-order valence-electron chi connectivity index (χ1n) is 7.82. The monoisotopic (exact) mass is 374 g/mol. The van der Waals surface area contributed by atoms with E-state index < -0.39 is 5.91 Å². The summed E-state index contributed by atoms with van der Waals surface area (Å²) in [5.41, 5.74) is 1.07. The molecule has 3 rings (SSSR count). The van der Waals surface area contributed by atoms with Crippen molar-refractivity contribution in [2.75, 3.05) is 12.4 Å². The molecule has 3 aromatic rings. The van der Waals surface area contributed by atoms with Crippen LogP contribution in [0.5, 0.6) is 0 Å². The van der Waals surface area contributed by atoms with Crippen molar-refractivity contribution >= 4 is 22.9 Å². The zero-order chi connectivity index (χ0) is 18.5. The first-order valence-corrected chi connectivity index (χ1v) is 8.64. The van der Waals surface area contributed by atoms with Gasteiger partial charge in [-0.1, -0.05) is 29.5 Å². The molecule has 1 amide bonds. The van der Waals surface area contributed by atoms with Crippen molar-refractivity contribution in [1.29, 1.82) is 0 Å². The van der Waals surface area contributed by atoms with Gasteiger partial charge in [-0.3, -0.25) is 9.69 Å². The van der Waals surface area contributed by atoms with Gasteiger partial charge in [0.05, 0.1) is 6.54 Å². The lowest BCUT2D eigenvalue weighted by molar-refractivity contribution is 0.102. The number of aromatic nitrogens is 2. The van der Waals surface area contributed by atoms with Gasteiger partial charge < -0.3 is 5.32 Å². The number of benzene rings is 2. The highest BCUT2D eigenvalue weighted by Crippen LogP contribution is 2.16. The highest BCUT2D eigenvalue weighted by molar-refractivity contribution is 7.13. The number of carbonyl (C=O) groups is 1. The quantitative estimate of drug-likeness (QED) is 0.715. The van der Waals surface area contributed by atoms with Crippen LogP contribution in [0.1, 0.15) is 20.4 Å². The molecule has 0 aliphatic rings.